The summed E-state index contributed by atoms with van der Waals surface area (Å²) in [6, 6.07) is 13.8. The Morgan fingerprint density at radius 1 is 0.746 bits per heavy atom. The molecule has 0 radical (unpaired) electrons. The lowest BCUT2D eigenvalue weighted by Crippen LogP contribution is -2.53. The van der Waals surface area contributed by atoms with Gasteiger partial charge in [-0.05, 0) is 104 Å². The second-order valence-corrected chi connectivity index (χ2v) is 17.8. The number of nitrogens with zero attached hydrogens (tertiary/aromatic N) is 4. The molecule has 6 heterocycles. The lowest BCUT2D eigenvalue weighted by molar-refractivity contribution is -0.137. The molecule has 5 aromatic rings. The zero-order valence-electron chi connectivity index (χ0n) is 35.8. The lowest BCUT2D eigenvalue weighted by atomic mass is 9.90. The van der Waals surface area contributed by atoms with Crippen LogP contribution in [-0.2, 0) is 23.8 Å². The molecule has 0 aliphatic carbocycles. The van der Waals surface area contributed by atoms with E-state index in [1.807, 2.05) is 53.4 Å². The Hall–Kier alpha value is -6.18. The van der Waals surface area contributed by atoms with Crippen molar-refractivity contribution in [1.29, 1.82) is 0 Å². The van der Waals surface area contributed by atoms with Gasteiger partial charge in [0.2, 0.25) is 11.8 Å². The van der Waals surface area contributed by atoms with Crippen molar-refractivity contribution in [2.75, 3.05) is 46.6 Å². The standard InChI is InChI=1S/C47H54N8O8/c1-26-20-37(54(24-26)45(57)40(53-47(60)61-3)31-14-18-63-19-15-31)42-48-34-10-7-29(23-36(34)50-42)5-4-28-6-9-33-32(22-28)8-11-35-41(33)51-43(49-35)38-21-27(2)25-55(38)44(56)39(52-46(58)59)30-12-16-62-17-13-30/h6-11,22-23,26-27,30-31,37-40,52H,12-21,24-25H2,1-3H3,(H,48,50)(H,49,51)(H,53,60)(H,58,59)/t26-,27-,37-,38-,39-,40-/m0/s1. The maximum absolute atomic E-state index is 14.2. The molecule has 16 nitrogen and oxygen atoms in total. The van der Waals surface area contributed by atoms with Crippen molar-refractivity contribution in [1.82, 2.24) is 40.4 Å². The minimum absolute atomic E-state index is 0.0517. The van der Waals surface area contributed by atoms with Crippen LogP contribution in [0.3, 0.4) is 0 Å². The number of aromatic nitrogens is 4. The molecule has 3 aromatic carbocycles. The van der Waals surface area contributed by atoms with Crippen LogP contribution in [-0.4, -0.2) is 118 Å². The van der Waals surface area contributed by atoms with Crippen molar-refractivity contribution < 1.29 is 38.5 Å². The minimum atomic E-state index is -1.21. The number of alkyl carbamates (subject to hydrolysis) is 1. The first-order valence-electron chi connectivity index (χ1n) is 22.1. The number of ether oxygens (including phenoxy) is 3. The first kappa shape index (κ1) is 42.1. The molecule has 4 fully saturated rings. The minimum Gasteiger partial charge on any atom is -0.465 e. The van der Waals surface area contributed by atoms with Gasteiger partial charge in [0.1, 0.15) is 23.7 Å². The molecule has 9 rings (SSSR count). The molecule has 4 aliphatic heterocycles. The molecular formula is C47H54N8O8. The molecule has 16 heteroatoms. The number of aromatic amines is 2. The third-order valence-corrected chi connectivity index (χ3v) is 13.3. The Balaban J connectivity index is 0.928. The predicted molar refractivity (Wildman–Crippen MR) is 234 cm³/mol. The fraction of sp³-hybridized carbons (Fsp3) is 0.489. The number of carboxylic acid groups (broad SMARTS) is 1. The number of fused-ring (bicyclic) bond motifs is 4. The molecule has 4 saturated heterocycles. The highest BCUT2D eigenvalue weighted by molar-refractivity contribution is 6.04. The Labute approximate surface area is 364 Å². The monoisotopic (exact) mass is 858 g/mol. The van der Waals surface area contributed by atoms with Gasteiger partial charge in [-0.3, -0.25) is 9.59 Å². The van der Waals surface area contributed by atoms with E-state index in [-0.39, 0.29) is 47.6 Å². The van der Waals surface area contributed by atoms with Crippen LogP contribution in [0.2, 0.25) is 0 Å². The van der Waals surface area contributed by atoms with Crippen molar-refractivity contribution >= 4 is 56.8 Å². The number of hydrogen-bond donors (Lipinski definition) is 5. The molecule has 6 atom stereocenters. The Morgan fingerprint density at radius 3 is 1.90 bits per heavy atom. The highest BCUT2D eigenvalue weighted by Crippen LogP contribution is 2.39. The summed E-state index contributed by atoms with van der Waals surface area (Å²) in [5.41, 5.74) is 4.89. The van der Waals surface area contributed by atoms with Gasteiger partial charge in [-0.15, -0.1) is 0 Å². The number of amides is 4. The Morgan fingerprint density at radius 2 is 1.30 bits per heavy atom. The number of imidazole rings is 2. The van der Waals surface area contributed by atoms with Crippen LogP contribution in [0.1, 0.15) is 87.2 Å². The van der Waals surface area contributed by atoms with Gasteiger partial charge < -0.3 is 49.7 Å². The van der Waals surface area contributed by atoms with Gasteiger partial charge >= 0.3 is 12.2 Å². The number of hydrogen-bond acceptors (Lipinski definition) is 9. The van der Waals surface area contributed by atoms with Gasteiger partial charge in [-0.2, -0.15) is 0 Å². The van der Waals surface area contributed by atoms with E-state index < -0.39 is 24.3 Å². The third kappa shape index (κ3) is 8.76. The fourth-order valence-corrected chi connectivity index (χ4v) is 10.1. The van der Waals surface area contributed by atoms with Gasteiger partial charge in [0, 0.05) is 56.0 Å². The van der Waals surface area contributed by atoms with Gasteiger partial charge in [0.15, 0.2) is 0 Å². The van der Waals surface area contributed by atoms with Crippen LogP contribution in [0.25, 0.3) is 32.8 Å². The van der Waals surface area contributed by atoms with Crippen LogP contribution in [0.5, 0.6) is 0 Å². The van der Waals surface area contributed by atoms with Crippen LogP contribution < -0.4 is 10.6 Å². The van der Waals surface area contributed by atoms with Crippen LogP contribution in [0.15, 0.2) is 48.5 Å². The molecule has 0 bridgehead atoms. The summed E-state index contributed by atoms with van der Waals surface area (Å²) in [7, 11) is 1.30. The van der Waals surface area contributed by atoms with E-state index in [0.29, 0.717) is 83.3 Å². The Kier molecular flexibility index (Phi) is 12.0. The molecule has 2 aromatic heterocycles. The quantitative estimate of drug-likeness (QED) is 0.115. The summed E-state index contributed by atoms with van der Waals surface area (Å²) in [6.45, 7) is 7.41. The zero-order valence-corrected chi connectivity index (χ0v) is 35.8. The van der Waals surface area contributed by atoms with Crippen molar-refractivity contribution in [2.45, 2.75) is 76.5 Å². The normalized spacial score (nSPS) is 23.1. The number of carbonyl (C=O) groups is 4. The average molecular weight is 859 g/mol. The largest absolute Gasteiger partial charge is 0.465 e. The first-order chi connectivity index (χ1) is 30.5. The zero-order chi connectivity index (χ0) is 43.8. The van der Waals surface area contributed by atoms with Crippen molar-refractivity contribution in [3.05, 3.63) is 71.3 Å². The summed E-state index contributed by atoms with van der Waals surface area (Å²) in [4.78, 5) is 73.0. The van der Waals surface area contributed by atoms with E-state index in [1.165, 1.54) is 7.11 Å². The smallest absolute Gasteiger partial charge is 0.407 e. The van der Waals surface area contributed by atoms with E-state index in [4.69, 9.17) is 24.2 Å². The number of H-pyrrole nitrogens is 2. The molecule has 0 unspecified atom stereocenters. The molecule has 63 heavy (non-hydrogen) atoms. The van der Waals surface area contributed by atoms with Crippen molar-refractivity contribution in [2.24, 2.45) is 23.7 Å². The lowest BCUT2D eigenvalue weighted by Gasteiger charge is -2.34. The molecule has 5 N–H and O–H groups in total. The van der Waals surface area contributed by atoms with Gasteiger partial charge in [0.25, 0.3) is 0 Å². The topological polar surface area (TPSA) is 204 Å². The van der Waals surface area contributed by atoms with E-state index in [0.717, 1.165) is 50.4 Å². The summed E-state index contributed by atoms with van der Waals surface area (Å²) < 4.78 is 15.9. The molecule has 0 spiro atoms. The summed E-state index contributed by atoms with van der Waals surface area (Å²) >= 11 is 0. The van der Waals surface area contributed by atoms with Crippen LogP contribution >= 0.6 is 0 Å². The number of nitrogens with one attached hydrogen (secondary N) is 4. The van der Waals surface area contributed by atoms with Crippen LogP contribution in [0, 0.1) is 35.5 Å². The first-order valence-corrected chi connectivity index (χ1v) is 22.1. The van der Waals surface area contributed by atoms with Crippen LogP contribution in [0.4, 0.5) is 9.59 Å². The van der Waals surface area contributed by atoms with E-state index in [9.17, 15) is 24.3 Å². The fourth-order valence-electron chi connectivity index (χ4n) is 10.1. The van der Waals surface area contributed by atoms with Crippen molar-refractivity contribution in [3.8, 4) is 11.8 Å². The van der Waals surface area contributed by atoms with Gasteiger partial charge in [0.05, 0.1) is 41.3 Å². The number of likely N-dealkylation sites (tertiary alicyclic amines) is 2. The number of rotatable bonds is 8. The molecule has 4 amide bonds. The van der Waals surface area contributed by atoms with E-state index >= 15 is 0 Å². The molecule has 330 valence electrons. The maximum atomic E-state index is 14.2. The van der Waals surface area contributed by atoms with E-state index in [1.54, 1.807) is 4.90 Å². The molecular weight excluding hydrogens is 805 g/mol. The second kappa shape index (κ2) is 17.9. The average Bonchev–Trinajstić information content (AvgIpc) is 4.11. The number of carbonyl (C=O) groups excluding carboxylic acids is 3. The number of benzene rings is 3. The molecule has 0 saturated carbocycles. The number of methoxy groups -OCH3 is 1. The maximum Gasteiger partial charge on any atom is 0.407 e. The predicted octanol–water partition coefficient (Wildman–Crippen LogP) is 6.03. The summed E-state index contributed by atoms with van der Waals surface area (Å²) in [5.74, 6) is 7.96. The van der Waals surface area contributed by atoms with Crippen molar-refractivity contribution in [3.63, 3.8) is 0 Å². The Bertz CT molecular complexity index is 2600. The molecule has 4 aliphatic rings. The van der Waals surface area contributed by atoms with Gasteiger partial charge in [-0.25, -0.2) is 19.6 Å². The highest BCUT2D eigenvalue weighted by atomic mass is 16.5. The van der Waals surface area contributed by atoms with Gasteiger partial charge in [-0.1, -0.05) is 37.8 Å². The van der Waals surface area contributed by atoms with E-state index in [2.05, 4.69) is 46.3 Å². The third-order valence-electron chi connectivity index (χ3n) is 13.3. The summed E-state index contributed by atoms with van der Waals surface area (Å²) in [5, 5.41) is 17.0. The SMILES string of the molecule is COC(=O)N[C@H](C(=O)N1C[C@@H](C)C[C@H]1c1nc2cc(C#Cc3ccc4c(ccc5nc([C@@H]6C[C@H](C)CN6C(=O)[C@@H](NC(=O)O)C6CCOCC6)[nH]c54)c3)ccc2[nH]1)C1CCOCC1. The highest BCUT2D eigenvalue weighted by Gasteiger charge is 2.44. The summed E-state index contributed by atoms with van der Waals surface area (Å²) in [6.07, 6.45) is 2.22. The second-order valence-electron chi connectivity index (χ2n) is 17.8.